The van der Waals surface area contributed by atoms with Crippen LogP contribution in [0.15, 0.2) is 40.9 Å². The SMILES string of the molecule is COc1ccc(CC(Cl)c2cc(C)cc(Br)c2)cc1OC. The topological polar surface area (TPSA) is 18.5 Å². The highest BCUT2D eigenvalue weighted by Crippen LogP contribution is 2.32. The molecule has 0 fully saturated rings. The van der Waals surface area contributed by atoms with Crippen molar-refractivity contribution in [2.24, 2.45) is 0 Å². The molecular formula is C17H18BrClO2. The van der Waals surface area contributed by atoms with E-state index in [-0.39, 0.29) is 5.38 Å². The van der Waals surface area contributed by atoms with Crippen LogP contribution in [0.5, 0.6) is 11.5 Å². The summed E-state index contributed by atoms with van der Waals surface area (Å²) in [5, 5.41) is -0.0840. The first-order chi connectivity index (χ1) is 10.0. The molecule has 0 spiro atoms. The fourth-order valence-electron chi connectivity index (χ4n) is 2.28. The Hall–Kier alpha value is -1.19. The van der Waals surface area contributed by atoms with Crippen LogP contribution in [0.3, 0.4) is 0 Å². The van der Waals surface area contributed by atoms with Crippen LogP contribution in [0.4, 0.5) is 0 Å². The van der Waals surface area contributed by atoms with E-state index in [1.807, 2.05) is 18.2 Å². The standard InChI is InChI=1S/C17H18BrClO2/c1-11-6-13(10-14(18)7-11)15(19)8-12-4-5-16(20-2)17(9-12)21-3/h4-7,9-10,15H,8H2,1-3H3. The summed E-state index contributed by atoms with van der Waals surface area (Å²) in [6, 6.07) is 12.1. The number of alkyl halides is 1. The molecule has 0 heterocycles. The van der Waals surface area contributed by atoms with Gasteiger partial charge in [0.2, 0.25) is 0 Å². The molecule has 0 bridgehead atoms. The third kappa shape index (κ3) is 4.14. The molecule has 0 aliphatic heterocycles. The van der Waals surface area contributed by atoms with Crippen molar-refractivity contribution in [3.63, 3.8) is 0 Å². The number of methoxy groups -OCH3 is 2. The molecule has 0 saturated heterocycles. The van der Waals surface area contributed by atoms with Gasteiger partial charge in [-0.05, 0) is 54.3 Å². The first-order valence-corrected chi connectivity index (χ1v) is 7.88. The molecule has 0 aliphatic rings. The third-order valence-electron chi connectivity index (χ3n) is 3.29. The Morgan fingerprint density at radius 1 is 1.05 bits per heavy atom. The molecule has 0 radical (unpaired) electrons. The van der Waals surface area contributed by atoms with Gasteiger partial charge in [-0.1, -0.05) is 28.1 Å². The Morgan fingerprint density at radius 3 is 2.38 bits per heavy atom. The van der Waals surface area contributed by atoms with Gasteiger partial charge in [0.15, 0.2) is 11.5 Å². The Balaban J connectivity index is 2.20. The molecule has 0 aromatic heterocycles. The number of hydrogen-bond acceptors (Lipinski definition) is 2. The minimum absolute atomic E-state index is 0.0840. The van der Waals surface area contributed by atoms with Crippen LogP contribution in [-0.2, 0) is 6.42 Å². The lowest BCUT2D eigenvalue weighted by Crippen LogP contribution is -1.98. The van der Waals surface area contributed by atoms with Crippen molar-refractivity contribution in [2.45, 2.75) is 18.7 Å². The molecule has 1 atom stereocenters. The monoisotopic (exact) mass is 368 g/mol. The normalized spacial score (nSPS) is 12.0. The van der Waals surface area contributed by atoms with Gasteiger partial charge in [0.25, 0.3) is 0 Å². The van der Waals surface area contributed by atoms with Crippen molar-refractivity contribution >= 4 is 27.5 Å². The van der Waals surface area contributed by atoms with E-state index in [1.165, 1.54) is 5.56 Å². The summed E-state index contributed by atoms with van der Waals surface area (Å²) >= 11 is 10.1. The predicted molar refractivity (Wildman–Crippen MR) is 90.7 cm³/mol. The highest BCUT2D eigenvalue weighted by molar-refractivity contribution is 9.10. The zero-order valence-corrected chi connectivity index (χ0v) is 14.7. The van der Waals surface area contributed by atoms with Crippen molar-refractivity contribution in [2.75, 3.05) is 14.2 Å². The zero-order chi connectivity index (χ0) is 15.4. The van der Waals surface area contributed by atoms with E-state index < -0.39 is 0 Å². The van der Waals surface area contributed by atoms with Crippen molar-refractivity contribution < 1.29 is 9.47 Å². The van der Waals surface area contributed by atoms with Crippen LogP contribution in [0, 0.1) is 6.92 Å². The first kappa shape index (κ1) is 16.2. The van der Waals surface area contributed by atoms with Gasteiger partial charge in [-0.3, -0.25) is 0 Å². The lowest BCUT2D eigenvalue weighted by molar-refractivity contribution is 0.354. The van der Waals surface area contributed by atoms with Gasteiger partial charge in [-0.25, -0.2) is 0 Å². The number of aryl methyl sites for hydroxylation is 1. The molecule has 0 saturated carbocycles. The highest BCUT2D eigenvalue weighted by Gasteiger charge is 2.12. The second kappa shape index (κ2) is 7.19. The molecule has 2 rings (SSSR count). The second-order valence-electron chi connectivity index (χ2n) is 4.92. The van der Waals surface area contributed by atoms with Crippen LogP contribution >= 0.6 is 27.5 Å². The second-order valence-corrected chi connectivity index (χ2v) is 6.37. The van der Waals surface area contributed by atoms with E-state index in [0.717, 1.165) is 33.5 Å². The minimum atomic E-state index is -0.0840. The minimum Gasteiger partial charge on any atom is -0.493 e. The number of hydrogen-bond donors (Lipinski definition) is 0. The maximum atomic E-state index is 6.56. The van der Waals surface area contributed by atoms with Gasteiger partial charge in [-0.2, -0.15) is 0 Å². The third-order valence-corrected chi connectivity index (χ3v) is 4.15. The molecule has 0 aliphatic carbocycles. The first-order valence-electron chi connectivity index (χ1n) is 6.65. The molecule has 2 aromatic rings. The largest absolute Gasteiger partial charge is 0.493 e. The molecule has 0 N–H and O–H groups in total. The summed E-state index contributed by atoms with van der Waals surface area (Å²) in [5.74, 6) is 1.45. The summed E-state index contributed by atoms with van der Waals surface area (Å²) in [5.41, 5.74) is 3.42. The molecule has 4 heteroatoms. The van der Waals surface area contributed by atoms with E-state index in [9.17, 15) is 0 Å². The summed E-state index contributed by atoms with van der Waals surface area (Å²) in [7, 11) is 3.27. The average Bonchev–Trinajstić information content (AvgIpc) is 2.46. The molecule has 0 amide bonds. The lowest BCUT2D eigenvalue weighted by Gasteiger charge is -2.14. The zero-order valence-electron chi connectivity index (χ0n) is 12.3. The van der Waals surface area contributed by atoms with E-state index >= 15 is 0 Å². The fourth-order valence-corrected chi connectivity index (χ4v) is 3.21. The van der Waals surface area contributed by atoms with Crippen molar-refractivity contribution in [1.82, 2.24) is 0 Å². The number of ether oxygens (including phenoxy) is 2. The van der Waals surface area contributed by atoms with E-state index in [4.69, 9.17) is 21.1 Å². The molecule has 2 nitrogen and oxygen atoms in total. The predicted octanol–water partition coefficient (Wildman–Crippen LogP) is 5.30. The van der Waals surface area contributed by atoms with Gasteiger partial charge in [0, 0.05) is 4.47 Å². The summed E-state index contributed by atoms with van der Waals surface area (Å²) in [6.07, 6.45) is 0.734. The lowest BCUT2D eigenvalue weighted by atomic mass is 10.0. The van der Waals surface area contributed by atoms with Crippen LogP contribution in [0.25, 0.3) is 0 Å². The highest BCUT2D eigenvalue weighted by atomic mass is 79.9. The fraction of sp³-hybridized carbons (Fsp3) is 0.294. The quantitative estimate of drug-likeness (QED) is 0.666. The smallest absolute Gasteiger partial charge is 0.160 e. The van der Waals surface area contributed by atoms with Gasteiger partial charge < -0.3 is 9.47 Å². The van der Waals surface area contributed by atoms with Crippen molar-refractivity contribution in [1.29, 1.82) is 0 Å². The number of rotatable bonds is 5. The Labute approximate surface area is 139 Å². The molecule has 21 heavy (non-hydrogen) atoms. The van der Waals surface area contributed by atoms with Crippen LogP contribution < -0.4 is 9.47 Å². The molecule has 112 valence electrons. The van der Waals surface area contributed by atoms with Crippen molar-refractivity contribution in [3.8, 4) is 11.5 Å². The van der Waals surface area contributed by atoms with E-state index in [2.05, 4.69) is 41.1 Å². The Bertz CT molecular complexity index is 608. The summed E-state index contributed by atoms with van der Waals surface area (Å²) < 4.78 is 11.6. The maximum absolute atomic E-state index is 6.56. The van der Waals surface area contributed by atoms with E-state index in [0.29, 0.717) is 0 Å². The van der Waals surface area contributed by atoms with Crippen LogP contribution in [-0.4, -0.2) is 14.2 Å². The molecule has 1 unspecified atom stereocenters. The van der Waals surface area contributed by atoms with E-state index in [1.54, 1.807) is 14.2 Å². The number of halogens is 2. The van der Waals surface area contributed by atoms with Gasteiger partial charge >= 0.3 is 0 Å². The Morgan fingerprint density at radius 2 is 1.76 bits per heavy atom. The van der Waals surface area contributed by atoms with Crippen molar-refractivity contribution in [3.05, 3.63) is 57.6 Å². The average molecular weight is 370 g/mol. The van der Waals surface area contributed by atoms with Gasteiger partial charge in [-0.15, -0.1) is 11.6 Å². The molecule has 2 aromatic carbocycles. The summed E-state index contributed by atoms with van der Waals surface area (Å²) in [4.78, 5) is 0. The maximum Gasteiger partial charge on any atom is 0.160 e. The van der Waals surface area contributed by atoms with Crippen LogP contribution in [0.1, 0.15) is 22.1 Å². The van der Waals surface area contributed by atoms with Gasteiger partial charge in [0.1, 0.15) is 0 Å². The number of benzene rings is 2. The summed E-state index contributed by atoms with van der Waals surface area (Å²) in [6.45, 7) is 2.06. The van der Waals surface area contributed by atoms with Crippen LogP contribution in [0.2, 0.25) is 0 Å². The Kier molecular flexibility index (Phi) is 5.54. The van der Waals surface area contributed by atoms with Gasteiger partial charge in [0.05, 0.1) is 19.6 Å². The molecular weight excluding hydrogens is 352 g/mol.